The largest absolute Gasteiger partial charge is 0.479 e. The van der Waals surface area contributed by atoms with E-state index in [-0.39, 0.29) is 32.3 Å². The van der Waals surface area contributed by atoms with Gasteiger partial charge in [-0.3, -0.25) is 4.79 Å². The summed E-state index contributed by atoms with van der Waals surface area (Å²) in [4.78, 5) is 33.9. The molecule has 2 aromatic rings. The van der Waals surface area contributed by atoms with E-state index in [1.54, 1.807) is 0 Å². The molecule has 0 spiro atoms. The molecule has 4 N–H and O–H groups in total. The van der Waals surface area contributed by atoms with Crippen LogP contribution < -0.4 is 10.6 Å². The van der Waals surface area contributed by atoms with E-state index >= 15 is 0 Å². The van der Waals surface area contributed by atoms with Gasteiger partial charge in [-0.2, -0.15) is 0 Å². The highest BCUT2D eigenvalue weighted by molar-refractivity contribution is 5.79. The number of carboxylic acid groups (broad SMARTS) is 1. The maximum atomic E-state index is 12.0. The number of alkyl carbamates (subject to hydrolysis) is 1. The van der Waals surface area contributed by atoms with Gasteiger partial charge < -0.3 is 30.3 Å². The van der Waals surface area contributed by atoms with Crippen molar-refractivity contribution in [2.75, 3.05) is 32.9 Å². The Balaban J connectivity index is 1.36. The number of aliphatic hydroxyl groups is 1. The standard InChI is InChI=1S/C22H24N2O7/c25-19(21(27)28)11-24-20(26)13-30-10-9-23-22(29)31-12-18-16-7-3-1-5-14(16)15-6-2-4-8-17(15)18/h1-8,18-19,25H,9-13H2,(H,23,29)(H,24,26)(H,27,28). The molecular formula is C22H24N2O7. The third-order valence-corrected chi connectivity index (χ3v) is 4.87. The van der Waals surface area contributed by atoms with Gasteiger partial charge in [0.1, 0.15) is 13.2 Å². The first-order valence-electron chi connectivity index (χ1n) is 9.81. The van der Waals surface area contributed by atoms with Crippen LogP contribution in [-0.2, 0) is 19.1 Å². The zero-order chi connectivity index (χ0) is 22.2. The van der Waals surface area contributed by atoms with Crippen molar-refractivity contribution in [3.8, 4) is 11.1 Å². The molecule has 0 aromatic heterocycles. The zero-order valence-corrected chi connectivity index (χ0v) is 16.7. The van der Waals surface area contributed by atoms with E-state index in [4.69, 9.17) is 19.7 Å². The number of carboxylic acids is 1. The van der Waals surface area contributed by atoms with Gasteiger partial charge >= 0.3 is 12.1 Å². The lowest BCUT2D eigenvalue weighted by atomic mass is 9.98. The first-order chi connectivity index (χ1) is 15.0. The maximum absolute atomic E-state index is 12.0. The Kier molecular flexibility index (Phi) is 7.58. The number of nitrogens with one attached hydrogen (secondary N) is 2. The quantitative estimate of drug-likeness (QED) is 0.416. The van der Waals surface area contributed by atoms with Crippen molar-refractivity contribution in [3.05, 3.63) is 59.7 Å². The van der Waals surface area contributed by atoms with E-state index in [0.717, 1.165) is 22.3 Å². The number of aliphatic carboxylic acids is 1. The summed E-state index contributed by atoms with van der Waals surface area (Å²) in [5, 5.41) is 22.4. The molecule has 0 heterocycles. The van der Waals surface area contributed by atoms with Crippen molar-refractivity contribution in [3.63, 3.8) is 0 Å². The molecule has 9 heteroatoms. The van der Waals surface area contributed by atoms with Crippen LogP contribution in [0.5, 0.6) is 0 Å². The molecule has 0 saturated heterocycles. The van der Waals surface area contributed by atoms with E-state index in [1.807, 2.05) is 36.4 Å². The summed E-state index contributed by atoms with van der Waals surface area (Å²) in [7, 11) is 0. The summed E-state index contributed by atoms with van der Waals surface area (Å²) in [6.07, 6.45) is -2.25. The molecule has 2 aromatic carbocycles. The van der Waals surface area contributed by atoms with Crippen molar-refractivity contribution in [2.45, 2.75) is 12.0 Å². The average molecular weight is 428 g/mol. The Hall–Kier alpha value is -3.43. The van der Waals surface area contributed by atoms with Gasteiger partial charge in [-0.1, -0.05) is 48.5 Å². The third-order valence-electron chi connectivity index (χ3n) is 4.87. The average Bonchev–Trinajstić information content (AvgIpc) is 3.09. The topological polar surface area (TPSA) is 134 Å². The molecule has 3 rings (SSSR count). The van der Waals surface area contributed by atoms with Crippen molar-refractivity contribution in [1.29, 1.82) is 0 Å². The minimum absolute atomic E-state index is 0.0285. The molecule has 9 nitrogen and oxygen atoms in total. The summed E-state index contributed by atoms with van der Waals surface area (Å²) in [5.74, 6) is -2.02. The minimum Gasteiger partial charge on any atom is -0.479 e. The number of fused-ring (bicyclic) bond motifs is 3. The summed E-state index contributed by atoms with van der Waals surface area (Å²) < 4.78 is 10.5. The van der Waals surface area contributed by atoms with Crippen LogP contribution in [0.4, 0.5) is 4.79 Å². The van der Waals surface area contributed by atoms with E-state index < -0.39 is 30.6 Å². The molecule has 0 saturated carbocycles. The van der Waals surface area contributed by atoms with Crippen LogP contribution in [-0.4, -0.2) is 67.2 Å². The number of amides is 2. The maximum Gasteiger partial charge on any atom is 0.407 e. The molecule has 1 unspecified atom stereocenters. The highest BCUT2D eigenvalue weighted by atomic mass is 16.5. The summed E-state index contributed by atoms with van der Waals surface area (Å²) in [6.45, 7) is -0.315. The van der Waals surface area contributed by atoms with Gasteiger partial charge in [-0.05, 0) is 22.3 Å². The molecule has 0 aliphatic heterocycles. The summed E-state index contributed by atoms with van der Waals surface area (Å²) in [5.41, 5.74) is 4.54. The second-order valence-corrected chi connectivity index (χ2v) is 6.96. The molecule has 0 fully saturated rings. The predicted octanol–water partition coefficient (Wildman–Crippen LogP) is 1.10. The summed E-state index contributed by atoms with van der Waals surface area (Å²) in [6, 6.07) is 16.1. The van der Waals surface area contributed by atoms with Gasteiger partial charge in [0, 0.05) is 12.5 Å². The molecule has 2 amide bonds. The van der Waals surface area contributed by atoms with Gasteiger partial charge in [0.2, 0.25) is 5.91 Å². The molecule has 31 heavy (non-hydrogen) atoms. The van der Waals surface area contributed by atoms with E-state index in [9.17, 15) is 14.4 Å². The van der Waals surface area contributed by atoms with Gasteiger partial charge in [0.05, 0.1) is 13.2 Å². The van der Waals surface area contributed by atoms with E-state index in [2.05, 4.69) is 22.8 Å². The molecule has 1 aliphatic rings. The van der Waals surface area contributed by atoms with Crippen LogP contribution >= 0.6 is 0 Å². The first kappa shape index (κ1) is 22.3. The molecule has 1 aliphatic carbocycles. The number of carbonyl (C=O) groups is 3. The van der Waals surface area contributed by atoms with Gasteiger partial charge in [-0.15, -0.1) is 0 Å². The Bertz CT molecular complexity index is 901. The van der Waals surface area contributed by atoms with Crippen LogP contribution in [0.15, 0.2) is 48.5 Å². The fourth-order valence-corrected chi connectivity index (χ4v) is 3.39. The Labute approximate surface area is 179 Å². The van der Waals surface area contributed by atoms with Gasteiger partial charge in [-0.25, -0.2) is 9.59 Å². The van der Waals surface area contributed by atoms with Crippen LogP contribution in [0.3, 0.4) is 0 Å². The van der Waals surface area contributed by atoms with Crippen molar-refractivity contribution in [2.24, 2.45) is 0 Å². The van der Waals surface area contributed by atoms with Crippen LogP contribution in [0.1, 0.15) is 17.0 Å². The van der Waals surface area contributed by atoms with Gasteiger partial charge in [0.25, 0.3) is 0 Å². The Morgan fingerprint density at radius 3 is 2.19 bits per heavy atom. The molecular weight excluding hydrogens is 404 g/mol. The number of aliphatic hydroxyl groups excluding tert-OH is 1. The minimum atomic E-state index is -1.67. The normalized spacial score (nSPS) is 13.1. The monoisotopic (exact) mass is 428 g/mol. The number of hydrogen-bond acceptors (Lipinski definition) is 6. The molecule has 1 atom stereocenters. The lowest BCUT2D eigenvalue weighted by Gasteiger charge is -2.14. The molecule has 0 radical (unpaired) electrons. The fraction of sp³-hybridized carbons (Fsp3) is 0.318. The second kappa shape index (κ2) is 10.6. The first-order valence-corrected chi connectivity index (χ1v) is 9.81. The third kappa shape index (κ3) is 5.80. The molecule has 164 valence electrons. The number of ether oxygens (including phenoxy) is 2. The van der Waals surface area contributed by atoms with E-state index in [1.165, 1.54) is 0 Å². The SMILES string of the molecule is O=C(COCCNC(=O)OCC1c2ccccc2-c2ccccc21)NCC(O)C(=O)O. The zero-order valence-electron chi connectivity index (χ0n) is 16.7. The highest BCUT2D eigenvalue weighted by Crippen LogP contribution is 2.44. The van der Waals surface area contributed by atoms with Gasteiger partial charge in [0.15, 0.2) is 6.10 Å². The molecule has 0 bridgehead atoms. The summed E-state index contributed by atoms with van der Waals surface area (Å²) >= 11 is 0. The highest BCUT2D eigenvalue weighted by Gasteiger charge is 2.28. The van der Waals surface area contributed by atoms with Crippen LogP contribution in [0.25, 0.3) is 11.1 Å². The van der Waals surface area contributed by atoms with Crippen molar-refractivity contribution < 1.29 is 34.1 Å². The lowest BCUT2D eigenvalue weighted by molar-refractivity contribution is -0.146. The number of carbonyl (C=O) groups excluding carboxylic acids is 2. The second-order valence-electron chi connectivity index (χ2n) is 6.96. The van der Waals surface area contributed by atoms with E-state index in [0.29, 0.717) is 0 Å². The Morgan fingerprint density at radius 2 is 1.58 bits per heavy atom. The van der Waals surface area contributed by atoms with Crippen LogP contribution in [0, 0.1) is 0 Å². The van der Waals surface area contributed by atoms with Crippen LogP contribution in [0.2, 0.25) is 0 Å². The number of hydrogen-bond donors (Lipinski definition) is 4. The fourth-order valence-electron chi connectivity index (χ4n) is 3.39. The van der Waals surface area contributed by atoms with Crippen molar-refractivity contribution in [1.82, 2.24) is 10.6 Å². The predicted molar refractivity (Wildman–Crippen MR) is 111 cm³/mol. The number of rotatable bonds is 10. The van der Waals surface area contributed by atoms with Crippen molar-refractivity contribution >= 4 is 18.0 Å². The smallest absolute Gasteiger partial charge is 0.407 e. The Morgan fingerprint density at radius 1 is 0.968 bits per heavy atom. The number of benzene rings is 2. The lowest BCUT2D eigenvalue weighted by Crippen LogP contribution is -2.38.